The molecule has 2 rings (SSSR count). The lowest BCUT2D eigenvalue weighted by molar-refractivity contribution is -0.116. The maximum absolute atomic E-state index is 13.4. The maximum atomic E-state index is 13.4. The van der Waals surface area contributed by atoms with Crippen LogP contribution in [-0.2, 0) is 4.79 Å². The molecule has 1 heterocycles. The molecule has 1 aliphatic heterocycles. The van der Waals surface area contributed by atoms with Crippen molar-refractivity contribution in [2.45, 2.75) is 26.2 Å². The van der Waals surface area contributed by atoms with Crippen LogP contribution in [0.15, 0.2) is 24.3 Å². The van der Waals surface area contributed by atoms with Gasteiger partial charge in [0.25, 0.3) is 0 Å². The number of halogens is 1. The molecule has 0 radical (unpaired) electrons. The Kier molecular flexibility index (Phi) is 4.91. The highest BCUT2D eigenvalue weighted by Gasteiger charge is 2.17. The fraction of sp³-hybridized carbons (Fsp3) is 0.533. The van der Waals surface area contributed by atoms with Gasteiger partial charge in [-0.05, 0) is 37.4 Å². The van der Waals surface area contributed by atoms with Crippen LogP contribution in [-0.4, -0.2) is 30.4 Å². The van der Waals surface area contributed by atoms with Crippen molar-refractivity contribution in [1.82, 2.24) is 4.90 Å². The number of nitrogens with one attached hydrogen (secondary N) is 1. The minimum Gasteiger partial charge on any atom is -0.324 e. The molecule has 1 saturated heterocycles. The SMILES string of the molecule is C[C@@H]1CCCN(CCC(=O)Nc2ccccc2F)C1. The number of amides is 1. The van der Waals surface area contributed by atoms with Crippen molar-refractivity contribution >= 4 is 11.6 Å². The molecule has 1 aliphatic rings. The molecular formula is C15H21FN2O. The van der Waals surface area contributed by atoms with Crippen LogP contribution in [0.5, 0.6) is 0 Å². The van der Waals surface area contributed by atoms with E-state index in [-0.39, 0.29) is 17.4 Å². The Hall–Kier alpha value is -1.42. The summed E-state index contributed by atoms with van der Waals surface area (Å²) in [5, 5.41) is 2.62. The summed E-state index contributed by atoms with van der Waals surface area (Å²) in [5.41, 5.74) is 0.263. The average molecular weight is 264 g/mol. The molecule has 1 fully saturated rings. The zero-order valence-corrected chi connectivity index (χ0v) is 11.4. The third-order valence-corrected chi connectivity index (χ3v) is 3.54. The second-order valence-corrected chi connectivity index (χ2v) is 5.33. The first kappa shape index (κ1) is 14.0. The van der Waals surface area contributed by atoms with E-state index < -0.39 is 0 Å². The molecule has 0 bridgehead atoms. The second-order valence-electron chi connectivity index (χ2n) is 5.33. The molecule has 1 amide bonds. The normalized spacial score (nSPS) is 20.2. The van der Waals surface area contributed by atoms with Gasteiger partial charge in [0.05, 0.1) is 5.69 Å². The van der Waals surface area contributed by atoms with Gasteiger partial charge < -0.3 is 10.2 Å². The number of para-hydroxylation sites is 1. The summed E-state index contributed by atoms with van der Waals surface area (Å²) in [6.07, 6.45) is 2.90. The topological polar surface area (TPSA) is 32.3 Å². The lowest BCUT2D eigenvalue weighted by Gasteiger charge is -2.30. The highest BCUT2D eigenvalue weighted by Crippen LogP contribution is 2.16. The van der Waals surface area contributed by atoms with Crippen molar-refractivity contribution in [1.29, 1.82) is 0 Å². The van der Waals surface area contributed by atoms with Crippen LogP contribution in [0.3, 0.4) is 0 Å². The first-order valence-corrected chi connectivity index (χ1v) is 6.92. The monoisotopic (exact) mass is 264 g/mol. The molecule has 1 atom stereocenters. The lowest BCUT2D eigenvalue weighted by Crippen LogP contribution is -2.36. The molecule has 0 saturated carbocycles. The predicted octanol–water partition coefficient (Wildman–Crippen LogP) is 2.89. The first-order chi connectivity index (χ1) is 9.15. The van der Waals surface area contributed by atoms with E-state index >= 15 is 0 Å². The van der Waals surface area contributed by atoms with E-state index in [1.54, 1.807) is 18.2 Å². The number of carbonyl (C=O) groups excluding carboxylic acids is 1. The van der Waals surface area contributed by atoms with Crippen molar-refractivity contribution in [2.75, 3.05) is 25.0 Å². The van der Waals surface area contributed by atoms with Gasteiger partial charge in [0.2, 0.25) is 5.91 Å². The molecule has 0 aromatic heterocycles. The van der Waals surface area contributed by atoms with Gasteiger partial charge in [-0.25, -0.2) is 4.39 Å². The zero-order chi connectivity index (χ0) is 13.7. The van der Waals surface area contributed by atoms with Crippen molar-refractivity contribution in [3.63, 3.8) is 0 Å². The van der Waals surface area contributed by atoms with Gasteiger partial charge in [-0.2, -0.15) is 0 Å². The molecule has 1 N–H and O–H groups in total. The van der Waals surface area contributed by atoms with Gasteiger partial charge in [0.15, 0.2) is 0 Å². The Bertz CT molecular complexity index is 436. The quantitative estimate of drug-likeness (QED) is 0.907. The van der Waals surface area contributed by atoms with Crippen LogP contribution < -0.4 is 5.32 Å². The third-order valence-electron chi connectivity index (χ3n) is 3.54. The molecule has 19 heavy (non-hydrogen) atoms. The minimum absolute atomic E-state index is 0.122. The van der Waals surface area contributed by atoms with Crippen molar-refractivity contribution < 1.29 is 9.18 Å². The number of anilines is 1. The molecule has 0 unspecified atom stereocenters. The summed E-state index contributed by atoms with van der Waals surface area (Å²) in [6.45, 7) is 5.13. The van der Waals surface area contributed by atoms with Crippen LogP contribution in [0.25, 0.3) is 0 Å². The molecule has 0 aliphatic carbocycles. The Labute approximate surface area is 113 Å². The number of likely N-dealkylation sites (tertiary alicyclic amines) is 1. The Morgan fingerprint density at radius 1 is 1.47 bits per heavy atom. The van der Waals surface area contributed by atoms with Gasteiger partial charge in [0, 0.05) is 19.5 Å². The fourth-order valence-corrected chi connectivity index (χ4v) is 2.52. The third kappa shape index (κ3) is 4.31. The summed E-state index contributed by atoms with van der Waals surface area (Å²) >= 11 is 0. The van der Waals surface area contributed by atoms with Crippen LogP contribution in [0.2, 0.25) is 0 Å². The number of nitrogens with zero attached hydrogens (tertiary/aromatic N) is 1. The molecule has 0 spiro atoms. The summed E-state index contributed by atoms with van der Waals surface area (Å²) < 4.78 is 13.4. The molecule has 104 valence electrons. The van der Waals surface area contributed by atoms with E-state index in [0.717, 1.165) is 19.6 Å². The summed E-state index contributed by atoms with van der Waals surface area (Å²) in [6, 6.07) is 6.25. The van der Waals surface area contributed by atoms with Gasteiger partial charge in [0.1, 0.15) is 5.82 Å². The molecule has 1 aromatic rings. The van der Waals surface area contributed by atoms with E-state index in [1.807, 2.05) is 0 Å². The summed E-state index contributed by atoms with van der Waals surface area (Å²) in [7, 11) is 0. The van der Waals surface area contributed by atoms with E-state index in [1.165, 1.54) is 18.9 Å². The van der Waals surface area contributed by atoms with Gasteiger partial charge in [-0.1, -0.05) is 19.1 Å². The first-order valence-electron chi connectivity index (χ1n) is 6.92. The van der Waals surface area contributed by atoms with Gasteiger partial charge >= 0.3 is 0 Å². The standard InChI is InChI=1S/C15H21FN2O/c1-12-5-4-9-18(11-12)10-8-15(19)17-14-7-3-2-6-13(14)16/h2-3,6-7,12H,4-5,8-11H2,1H3,(H,17,19)/t12-/m1/s1. The van der Waals surface area contributed by atoms with E-state index in [2.05, 4.69) is 17.1 Å². The Balaban J connectivity index is 1.77. The van der Waals surface area contributed by atoms with E-state index in [4.69, 9.17) is 0 Å². The number of benzene rings is 1. The van der Waals surface area contributed by atoms with Crippen LogP contribution in [0.1, 0.15) is 26.2 Å². The van der Waals surface area contributed by atoms with Gasteiger partial charge in [-0.3, -0.25) is 4.79 Å². The predicted molar refractivity (Wildman–Crippen MR) is 74.5 cm³/mol. The number of hydrogen-bond donors (Lipinski definition) is 1. The Morgan fingerprint density at radius 2 is 2.26 bits per heavy atom. The molecule has 1 aromatic carbocycles. The van der Waals surface area contributed by atoms with Crippen LogP contribution >= 0.6 is 0 Å². The average Bonchev–Trinajstić information content (AvgIpc) is 2.39. The highest BCUT2D eigenvalue weighted by molar-refractivity contribution is 5.90. The summed E-state index contributed by atoms with van der Waals surface area (Å²) in [5.74, 6) is 0.203. The number of hydrogen-bond acceptors (Lipinski definition) is 2. The Morgan fingerprint density at radius 3 is 3.00 bits per heavy atom. The van der Waals surface area contributed by atoms with Crippen LogP contribution in [0.4, 0.5) is 10.1 Å². The maximum Gasteiger partial charge on any atom is 0.225 e. The van der Waals surface area contributed by atoms with Crippen molar-refractivity contribution in [3.05, 3.63) is 30.1 Å². The van der Waals surface area contributed by atoms with E-state index in [0.29, 0.717) is 12.3 Å². The highest BCUT2D eigenvalue weighted by atomic mass is 19.1. The minimum atomic E-state index is -0.387. The van der Waals surface area contributed by atoms with Gasteiger partial charge in [-0.15, -0.1) is 0 Å². The van der Waals surface area contributed by atoms with E-state index in [9.17, 15) is 9.18 Å². The molecule has 4 heteroatoms. The van der Waals surface area contributed by atoms with Crippen LogP contribution in [0, 0.1) is 11.7 Å². The fourth-order valence-electron chi connectivity index (χ4n) is 2.52. The lowest BCUT2D eigenvalue weighted by atomic mass is 10.0. The molecule has 3 nitrogen and oxygen atoms in total. The second kappa shape index (κ2) is 6.66. The number of piperidine rings is 1. The summed E-state index contributed by atoms with van der Waals surface area (Å²) in [4.78, 5) is 14.1. The zero-order valence-electron chi connectivity index (χ0n) is 11.4. The number of rotatable bonds is 4. The van der Waals surface area contributed by atoms with Crippen molar-refractivity contribution in [2.24, 2.45) is 5.92 Å². The molecular weight excluding hydrogens is 243 g/mol. The largest absolute Gasteiger partial charge is 0.324 e. The van der Waals surface area contributed by atoms with Crippen molar-refractivity contribution in [3.8, 4) is 0 Å². The smallest absolute Gasteiger partial charge is 0.225 e. The number of carbonyl (C=O) groups is 1.